The van der Waals surface area contributed by atoms with Gasteiger partial charge in [0, 0.05) is 46.9 Å². The van der Waals surface area contributed by atoms with Crippen molar-refractivity contribution < 1.29 is 28.1 Å². The Balaban J connectivity index is 1.11. The average molecular weight is 580 g/mol. The van der Waals surface area contributed by atoms with E-state index in [1.54, 1.807) is 11.0 Å². The molecule has 214 valence electrons. The summed E-state index contributed by atoms with van der Waals surface area (Å²) in [4.78, 5) is 41.0. The van der Waals surface area contributed by atoms with Gasteiger partial charge in [-0.3, -0.25) is 24.6 Å². The van der Waals surface area contributed by atoms with Crippen molar-refractivity contribution in [1.29, 1.82) is 5.41 Å². The molecule has 10 nitrogen and oxygen atoms in total. The fourth-order valence-electron chi connectivity index (χ4n) is 6.22. The lowest BCUT2D eigenvalue weighted by Crippen LogP contribution is -2.52. The van der Waals surface area contributed by atoms with Crippen LogP contribution in [-0.2, 0) is 32.9 Å². The first-order chi connectivity index (χ1) is 19.8. The minimum Gasteiger partial charge on any atom is -0.588 e. The van der Waals surface area contributed by atoms with Crippen LogP contribution < -0.4 is 14.8 Å². The molecular weight excluding hydrogens is 549 g/mol. The highest BCUT2D eigenvalue weighted by molar-refractivity contribution is 7.89. The number of ether oxygens (including phenoxy) is 1. The molecule has 0 radical (unpaired) electrons. The highest BCUT2D eigenvalue weighted by Crippen LogP contribution is 2.49. The van der Waals surface area contributed by atoms with Gasteiger partial charge in [0.25, 0.3) is 5.91 Å². The maximum atomic E-state index is 13.9. The molecule has 3 amide bonds. The molecule has 2 saturated heterocycles. The van der Waals surface area contributed by atoms with Crippen molar-refractivity contribution in [3.8, 4) is 5.75 Å². The van der Waals surface area contributed by atoms with Crippen molar-refractivity contribution in [2.24, 2.45) is 0 Å². The number of benzene rings is 2. The normalized spacial score (nSPS) is 22.7. The molecule has 2 aromatic rings. The standard InChI is InChI=1S/C29H30FN5O5S/c30-22-3-1-2-4-24(22)41(39)32-14-18(13-31)15-34-11-9-29(10-12-34)17-40-26-20-16-35(23-7-8-25(36)33-27(23)37)28(38)19(20)5-6-21(26)29/h1-6,13-14,23,31-32H,7-12,15-17H2,(H,33,36,37)/b18-14+,31-13?. The Morgan fingerprint density at radius 2 is 2.00 bits per heavy atom. The number of amides is 3. The topological polar surface area (TPSA) is 138 Å². The van der Waals surface area contributed by atoms with Gasteiger partial charge in [0.15, 0.2) is 5.82 Å². The third-order valence-electron chi connectivity index (χ3n) is 8.52. The van der Waals surface area contributed by atoms with E-state index >= 15 is 0 Å². The predicted molar refractivity (Wildman–Crippen MR) is 148 cm³/mol. The summed E-state index contributed by atoms with van der Waals surface area (Å²) in [6, 6.07) is 9.01. The van der Waals surface area contributed by atoms with E-state index in [1.807, 2.05) is 12.1 Å². The van der Waals surface area contributed by atoms with Gasteiger partial charge in [-0.15, -0.1) is 0 Å². The molecule has 4 heterocycles. The summed E-state index contributed by atoms with van der Waals surface area (Å²) in [5, 5.41) is 10.1. The van der Waals surface area contributed by atoms with Crippen molar-refractivity contribution in [2.75, 3.05) is 26.2 Å². The molecule has 3 N–H and O–H groups in total. The lowest BCUT2D eigenvalue weighted by atomic mass is 9.74. The second-order valence-electron chi connectivity index (χ2n) is 10.9. The molecule has 2 atom stereocenters. The van der Waals surface area contributed by atoms with Crippen LogP contribution in [0.1, 0.15) is 47.2 Å². The molecule has 2 unspecified atom stereocenters. The van der Waals surface area contributed by atoms with Gasteiger partial charge >= 0.3 is 0 Å². The van der Waals surface area contributed by atoms with E-state index in [-0.39, 0.29) is 35.1 Å². The molecule has 0 saturated carbocycles. The molecule has 1 spiro atoms. The Bertz CT molecular complexity index is 1460. The molecule has 0 aromatic heterocycles. The lowest BCUT2D eigenvalue weighted by molar-refractivity contribution is -0.136. The second-order valence-corrected chi connectivity index (χ2v) is 12.1. The third kappa shape index (κ3) is 5.00. The zero-order valence-corrected chi connectivity index (χ0v) is 23.1. The van der Waals surface area contributed by atoms with Crippen molar-refractivity contribution in [2.45, 2.75) is 48.6 Å². The fourth-order valence-corrected chi connectivity index (χ4v) is 7.05. The van der Waals surface area contributed by atoms with Crippen LogP contribution in [0.15, 0.2) is 53.1 Å². The number of imide groups is 1. The van der Waals surface area contributed by atoms with E-state index in [2.05, 4.69) is 14.9 Å². The monoisotopic (exact) mass is 579 g/mol. The van der Waals surface area contributed by atoms with Crippen LogP contribution in [-0.4, -0.2) is 70.6 Å². The average Bonchev–Trinajstić information content (AvgIpc) is 3.50. The first kappa shape index (κ1) is 27.4. The zero-order chi connectivity index (χ0) is 28.7. The van der Waals surface area contributed by atoms with Crippen LogP contribution in [0.5, 0.6) is 5.75 Å². The summed E-state index contributed by atoms with van der Waals surface area (Å²) in [6.45, 7) is 2.77. The number of hydrogen-bond donors (Lipinski definition) is 3. The molecule has 4 aliphatic heterocycles. The van der Waals surface area contributed by atoms with Gasteiger partial charge in [-0.05, 0) is 50.6 Å². The molecule has 0 aliphatic carbocycles. The smallest absolute Gasteiger partial charge is 0.255 e. The molecular formula is C29H30FN5O5S. The summed E-state index contributed by atoms with van der Waals surface area (Å²) < 4.78 is 35.3. The number of likely N-dealkylation sites (tertiary alicyclic amines) is 1. The number of carbonyl (C=O) groups is 3. The van der Waals surface area contributed by atoms with E-state index in [0.717, 1.165) is 42.8 Å². The number of carbonyl (C=O) groups excluding carboxylic acids is 3. The Morgan fingerprint density at radius 1 is 1.22 bits per heavy atom. The quantitative estimate of drug-likeness (QED) is 0.260. The van der Waals surface area contributed by atoms with E-state index in [4.69, 9.17) is 10.1 Å². The third-order valence-corrected chi connectivity index (χ3v) is 9.59. The van der Waals surface area contributed by atoms with E-state index in [0.29, 0.717) is 30.7 Å². The number of nitrogens with one attached hydrogen (secondary N) is 3. The van der Waals surface area contributed by atoms with Gasteiger partial charge in [-0.1, -0.05) is 18.2 Å². The Hall–Kier alpha value is -3.74. The fraction of sp³-hybridized carbons (Fsp3) is 0.379. The van der Waals surface area contributed by atoms with E-state index < -0.39 is 29.1 Å². The molecule has 2 aromatic carbocycles. The van der Waals surface area contributed by atoms with Crippen molar-refractivity contribution in [1.82, 2.24) is 19.8 Å². The van der Waals surface area contributed by atoms with E-state index in [9.17, 15) is 23.3 Å². The SMILES string of the molecule is N=C/C(=C\N[S+]([O-])c1ccccc1F)CN1CCC2(CC1)COc1c2ccc2c1CN(C1CCC(=O)NC1=O)C2=O. The molecule has 41 heavy (non-hydrogen) atoms. The van der Waals surface area contributed by atoms with Gasteiger partial charge in [0.2, 0.25) is 16.7 Å². The van der Waals surface area contributed by atoms with Crippen LogP contribution >= 0.6 is 0 Å². The number of hydrogen-bond acceptors (Lipinski definition) is 8. The Labute approximate surface area is 239 Å². The van der Waals surface area contributed by atoms with Crippen LogP contribution in [0, 0.1) is 11.2 Å². The summed E-state index contributed by atoms with van der Waals surface area (Å²) in [5.74, 6) is -0.783. The first-order valence-corrected chi connectivity index (χ1v) is 14.7. The van der Waals surface area contributed by atoms with Crippen molar-refractivity contribution >= 4 is 35.3 Å². The predicted octanol–water partition coefficient (Wildman–Crippen LogP) is 2.16. The van der Waals surface area contributed by atoms with Crippen molar-refractivity contribution in [3.63, 3.8) is 0 Å². The second kappa shape index (κ2) is 10.9. The number of halogens is 1. The van der Waals surface area contributed by atoms with Crippen LogP contribution in [0.2, 0.25) is 0 Å². The highest BCUT2D eigenvalue weighted by atomic mass is 32.2. The molecule has 12 heteroatoms. The maximum absolute atomic E-state index is 13.9. The number of nitrogens with zero attached hydrogens (tertiary/aromatic N) is 2. The molecule has 6 rings (SSSR count). The van der Waals surface area contributed by atoms with Gasteiger partial charge in [-0.2, -0.15) is 0 Å². The molecule has 4 aliphatic rings. The number of fused-ring (bicyclic) bond motifs is 4. The van der Waals surface area contributed by atoms with Crippen LogP contribution in [0.3, 0.4) is 0 Å². The Kier molecular flexibility index (Phi) is 7.30. The van der Waals surface area contributed by atoms with Crippen LogP contribution in [0.4, 0.5) is 4.39 Å². The maximum Gasteiger partial charge on any atom is 0.255 e. The van der Waals surface area contributed by atoms with Gasteiger partial charge in [0.05, 0.1) is 19.4 Å². The largest absolute Gasteiger partial charge is 0.588 e. The summed E-state index contributed by atoms with van der Waals surface area (Å²) >= 11 is -1.77. The molecule has 2 fully saturated rings. The summed E-state index contributed by atoms with van der Waals surface area (Å²) in [7, 11) is 0. The van der Waals surface area contributed by atoms with E-state index in [1.165, 1.54) is 30.6 Å². The highest BCUT2D eigenvalue weighted by Gasteiger charge is 2.47. The lowest BCUT2D eigenvalue weighted by Gasteiger charge is -2.38. The van der Waals surface area contributed by atoms with Crippen LogP contribution in [0.25, 0.3) is 0 Å². The molecule has 0 bridgehead atoms. The van der Waals surface area contributed by atoms with Gasteiger partial charge in [-0.25, -0.2) is 9.11 Å². The minimum absolute atomic E-state index is 0.0568. The minimum atomic E-state index is -1.77. The summed E-state index contributed by atoms with van der Waals surface area (Å²) in [6.07, 6.45) is 4.88. The number of piperidine rings is 2. The first-order valence-electron chi connectivity index (χ1n) is 13.6. The number of rotatable bonds is 7. The van der Waals surface area contributed by atoms with Gasteiger partial charge < -0.3 is 19.6 Å². The van der Waals surface area contributed by atoms with Gasteiger partial charge in [0.1, 0.15) is 23.2 Å². The van der Waals surface area contributed by atoms with Crippen molar-refractivity contribution in [3.05, 3.63) is 70.7 Å². The summed E-state index contributed by atoms with van der Waals surface area (Å²) in [5.41, 5.74) is 2.87. The zero-order valence-electron chi connectivity index (χ0n) is 22.3. The Morgan fingerprint density at radius 3 is 2.73 bits per heavy atom.